The lowest BCUT2D eigenvalue weighted by atomic mass is 10.2. The average molecular weight is 303 g/mol. The van der Waals surface area contributed by atoms with E-state index in [9.17, 15) is 15.4 Å². The van der Waals surface area contributed by atoms with Crippen LogP contribution in [0.4, 0.5) is 11.6 Å². The Bertz CT molecular complexity index is 781. The minimum absolute atomic E-state index is 0.169. The molecule has 2 heterocycles. The van der Waals surface area contributed by atoms with Gasteiger partial charge in [-0.1, -0.05) is 0 Å². The molecule has 2 aromatic rings. The number of hydrogen-bond donors (Lipinski definition) is 0. The maximum atomic E-state index is 10.9. The van der Waals surface area contributed by atoms with Crippen molar-refractivity contribution in [3.8, 4) is 17.6 Å². The minimum atomic E-state index is -0.556. The summed E-state index contributed by atoms with van der Waals surface area (Å²) < 4.78 is 7.67. The van der Waals surface area contributed by atoms with Crippen molar-refractivity contribution in [3.63, 3.8) is 0 Å². The van der Waals surface area contributed by atoms with Crippen molar-refractivity contribution < 1.29 is 9.66 Å². The molecule has 2 rings (SSSR count). The summed E-state index contributed by atoms with van der Waals surface area (Å²) >= 11 is 0. The Kier molecular flexibility index (Phi) is 4.17. The van der Waals surface area contributed by atoms with Crippen molar-refractivity contribution in [2.45, 2.75) is 6.92 Å². The standard InChI is InChI=1S/C12H13N7O3/c1-4-22-7-15-11-8(5-13)10(16-18(11)3)12-14-6-9(17(12)2)19(20)21/h6-7H,4H2,1-3H3/b15-7-. The molecule has 22 heavy (non-hydrogen) atoms. The molecular weight excluding hydrogens is 290 g/mol. The zero-order valence-corrected chi connectivity index (χ0v) is 12.2. The summed E-state index contributed by atoms with van der Waals surface area (Å²) in [4.78, 5) is 18.3. The highest BCUT2D eigenvalue weighted by Gasteiger charge is 2.26. The van der Waals surface area contributed by atoms with E-state index in [1.807, 2.05) is 6.07 Å². The van der Waals surface area contributed by atoms with Crippen molar-refractivity contribution in [2.24, 2.45) is 19.1 Å². The predicted octanol–water partition coefficient (Wildman–Crippen LogP) is 1.30. The molecule has 0 aliphatic heterocycles. The molecular formula is C12H13N7O3. The summed E-state index contributed by atoms with van der Waals surface area (Å²) in [5.74, 6) is 0.317. The summed E-state index contributed by atoms with van der Waals surface area (Å²) in [5, 5.41) is 24.4. The fourth-order valence-corrected chi connectivity index (χ4v) is 1.87. The van der Waals surface area contributed by atoms with Gasteiger partial charge in [0, 0.05) is 7.05 Å². The van der Waals surface area contributed by atoms with E-state index in [2.05, 4.69) is 15.1 Å². The maximum absolute atomic E-state index is 10.9. The number of ether oxygens (including phenoxy) is 1. The number of aryl methyl sites for hydroxylation is 1. The van der Waals surface area contributed by atoms with Crippen LogP contribution in [0.3, 0.4) is 0 Å². The number of hydrogen-bond acceptors (Lipinski definition) is 7. The number of rotatable bonds is 5. The Balaban J connectivity index is 2.56. The van der Waals surface area contributed by atoms with Gasteiger partial charge in [0.25, 0.3) is 5.82 Å². The van der Waals surface area contributed by atoms with Crippen LogP contribution in [-0.4, -0.2) is 37.3 Å². The van der Waals surface area contributed by atoms with Crippen LogP contribution in [-0.2, 0) is 18.8 Å². The van der Waals surface area contributed by atoms with Crippen molar-refractivity contribution in [2.75, 3.05) is 6.61 Å². The van der Waals surface area contributed by atoms with E-state index >= 15 is 0 Å². The molecule has 0 saturated heterocycles. The fourth-order valence-electron chi connectivity index (χ4n) is 1.87. The Hall–Kier alpha value is -3.22. The van der Waals surface area contributed by atoms with Crippen molar-refractivity contribution in [3.05, 3.63) is 21.9 Å². The number of nitriles is 1. The van der Waals surface area contributed by atoms with Gasteiger partial charge in [-0.15, -0.1) is 0 Å². The maximum Gasteiger partial charge on any atom is 0.342 e. The molecule has 0 aliphatic rings. The van der Waals surface area contributed by atoms with Gasteiger partial charge in [-0.3, -0.25) is 0 Å². The number of imidazole rings is 1. The number of aliphatic imine (C=N–C) groups is 1. The fraction of sp³-hybridized carbons (Fsp3) is 0.333. The normalized spacial score (nSPS) is 10.8. The van der Waals surface area contributed by atoms with E-state index in [0.717, 1.165) is 6.20 Å². The van der Waals surface area contributed by atoms with Crippen LogP contribution >= 0.6 is 0 Å². The number of nitro groups is 1. The first kappa shape index (κ1) is 15.2. The SMILES string of the molecule is CCO/C=N\c1c(C#N)c(-c2ncc([N+](=O)[O-])n2C)nn1C. The largest absolute Gasteiger partial charge is 0.483 e. The van der Waals surface area contributed by atoms with Gasteiger partial charge < -0.3 is 14.9 Å². The lowest BCUT2D eigenvalue weighted by Crippen LogP contribution is -2.00. The molecule has 10 nitrogen and oxygen atoms in total. The molecule has 0 aliphatic carbocycles. The first-order chi connectivity index (χ1) is 10.5. The van der Waals surface area contributed by atoms with Gasteiger partial charge in [0.2, 0.25) is 0 Å². The zero-order chi connectivity index (χ0) is 16.3. The van der Waals surface area contributed by atoms with Gasteiger partial charge in [0.1, 0.15) is 17.8 Å². The molecule has 114 valence electrons. The molecule has 2 aromatic heterocycles. The van der Waals surface area contributed by atoms with Crippen LogP contribution in [0.2, 0.25) is 0 Å². The van der Waals surface area contributed by atoms with E-state index in [4.69, 9.17) is 4.74 Å². The Morgan fingerprint density at radius 3 is 2.86 bits per heavy atom. The number of nitrogens with zero attached hydrogens (tertiary/aromatic N) is 7. The van der Waals surface area contributed by atoms with Crippen molar-refractivity contribution in [1.29, 1.82) is 5.26 Å². The second kappa shape index (κ2) is 6.04. The molecule has 0 aromatic carbocycles. The average Bonchev–Trinajstić information content (AvgIpc) is 3.00. The molecule has 0 amide bonds. The first-order valence-electron chi connectivity index (χ1n) is 6.28. The van der Waals surface area contributed by atoms with Crippen LogP contribution in [0.1, 0.15) is 12.5 Å². The van der Waals surface area contributed by atoms with Crippen LogP contribution in [0.5, 0.6) is 0 Å². The smallest absolute Gasteiger partial charge is 0.342 e. The van der Waals surface area contributed by atoms with E-state index in [1.165, 1.54) is 22.7 Å². The molecule has 0 unspecified atom stereocenters. The Morgan fingerprint density at radius 2 is 2.32 bits per heavy atom. The lowest BCUT2D eigenvalue weighted by molar-refractivity contribution is -0.391. The van der Waals surface area contributed by atoms with E-state index in [-0.39, 0.29) is 28.7 Å². The van der Waals surface area contributed by atoms with Crippen LogP contribution in [0.25, 0.3) is 11.5 Å². The quantitative estimate of drug-likeness (QED) is 0.355. The zero-order valence-electron chi connectivity index (χ0n) is 12.2. The van der Waals surface area contributed by atoms with Gasteiger partial charge in [-0.05, 0) is 11.8 Å². The van der Waals surface area contributed by atoms with Gasteiger partial charge in [-0.2, -0.15) is 15.4 Å². The molecule has 0 N–H and O–H groups in total. The summed E-state index contributed by atoms with van der Waals surface area (Å²) in [6.07, 6.45) is 2.34. The summed E-state index contributed by atoms with van der Waals surface area (Å²) in [5.41, 5.74) is 0.395. The van der Waals surface area contributed by atoms with Crippen LogP contribution < -0.4 is 0 Å². The highest BCUT2D eigenvalue weighted by molar-refractivity contribution is 5.71. The van der Waals surface area contributed by atoms with Gasteiger partial charge in [0.05, 0.1) is 13.7 Å². The second-order valence-electron chi connectivity index (χ2n) is 4.23. The number of aromatic nitrogens is 4. The molecule has 0 atom stereocenters. The van der Waals surface area contributed by atoms with E-state index in [1.54, 1.807) is 14.0 Å². The van der Waals surface area contributed by atoms with E-state index < -0.39 is 4.92 Å². The first-order valence-corrected chi connectivity index (χ1v) is 6.28. The van der Waals surface area contributed by atoms with Crippen molar-refractivity contribution in [1.82, 2.24) is 19.3 Å². The Morgan fingerprint density at radius 1 is 1.59 bits per heavy atom. The lowest BCUT2D eigenvalue weighted by Gasteiger charge is -1.96. The molecule has 10 heteroatoms. The van der Waals surface area contributed by atoms with Gasteiger partial charge in [-0.25, -0.2) is 14.2 Å². The third-order valence-corrected chi connectivity index (χ3v) is 2.91. The second-order valence-corrected chi connectivity index (χ2v) is 4.23. The molecule has 0 saturated carbocycles. The monoisotopic (exact) mass is 303 g/mol. The molecule has 0 radical (unpaired) electrons. The summed E-state index contributed by atoms with van der Waals surface area (Å²) in [7, 11) is 3.10. The third kappa shape index (κ3) is 2.51. The topological polar surface area (TPSA) is 124 Å². The highest BCUT2D eigenvalue weighted by Crippen LogP contribution is 2.30. The molecule has 0 fully saturated rings. The summed E-state index contributed by atoms with van der Waals surface area (Å²) in [6, 6.07) is 2.00. The van der Waals surface area contributed by atoms with Gasteiger partial charge in [0.15, 0.2) is 17.9 Å². The predicted molar refractivity (Wildman–Crippen MR) is 76.6 cm³/mol. The van der Waals surface area contributed by atoms with E-state index in [0.29, 0.717) is 6.61 Å². The highest BCUT2D eigenvalue weighted by atomic mass is 16.6. The van der Waals surface area contributed by atoms with Crippen LogP contribution in [0, 0.1) is 21.4 Å². The Labute approximate surface area is 125 Å². The van der Waals surface area contributed by atoms with Crippen molar-refractivity contribution >= 4 is 18.0 Å². The van der Waals surface area contributed by atoms with Gasteiger partial charge >= 0.3 is 5.82 Å². The van der Waals surface area contributed by atoms with Crippen LogP contribution in [0.15, 0.2) is 11.2 Å². The minimum Gasteiger partial charge on any atom is -0.483 e. The third-order valence-electron chi connectivity index (χ3n) is 2.91. The summed E-state index contributed by atoms with van der Waals surface area (Å²) in [6.45, 7) is 2.25. The molecule has 0 bridgehead atoms. The molecule has 0 spiro atoms.